The highest BCUT2D eigenvalue weighted by Crippen LogP contribution is 2.26. The predicted molar refractivity (Wildman–Crippen MR) is 60.0 cm³/mol. The second kappa shape index (κ2) is 3.98. The number of rotatable bonds is 2. The van der Waals surface area contributed by atoms with Crippen LogP contribution in [-0.4, -0.2) is 10.7 Å². The summed E-state index contributed by atoms with van der Waals surface area (Å²) in [5.41, 5.74) is 5.86. The van der Waals surface area contributed by atoms with Gasteiger partial charge in [0.25, 0.3) is 0 Å². The first-order valence-corrected chi connectivity index (χ1v) is 5.53. The highest BCUT2D eigenvalue weighted by molar-refractivity contribution is 5.17. The predicted octanol–water partition coefficient (Wildman–Crippen LogP) is 2.34. The van der Waals surface area contributed by atoms with Gasteiger partial charge in [-0.2, -0.15) is 5.26 Å². The second-order valence-electron chi connectivity index (χ2n) is 4.35. The van der Waals surface area contributed by atoms with Crippen LogP contribution in [0.3, 0.4) is 0 Å². The Morgan fingerprint density at radius 2 is 2.00 bits per heavy atom. The molecule has 0 radical (unpaired) electrons. The first-order chi connectivity index (χ1) is 7.22. The van der Waals surface area contributed by atoms with Crippen LogP contribution in [0.25, 0.3) is 0 Å². The van der Waals surface area contributed by atoms with Crippen LogP contribution < -0.4 is 5.43 Å². The average molecular weight is 203 g/mol. The summed E-state index contributed by atoms with van der Waals surface area (Å²) in [7, 11) is 0. The molecule has 2 rings (SSSR count). The Hall–Kier alpha value is -1.43. The third kappa shape index (κ3) is 1.85. The number of nitriles is 1. The molecule has 2 unspecified atom stereocenters. The Kier molecular flexibility index (Phi) is 2.68. The van der Waals surface area contributed by atoms with Gasteiger partial charge in [-0.25, -0.2) is 0 Å². The Morgan fingerprint density at radius 1 is 1.33 bits per heavy atom. The highest BCUT2D eigenvalue weighted by Gasteiger charge is 2.27. The lowest BCUT2D eigenvalue weighted by molar-refractivity contribution is 0.564. The van der Waals surface area contributed by atoms with E-state index in [9.17, 15) is 0 Å². The van der Waals surface area contributed by atoms with Crippen LogP contribution in [0, 0.1) is 31.1 Å². The quantitative estimate of drug-likeness (QED) is 0.801. The molecule has 15 heavy (non-hydrogen) atoms. The maximum Gasteiger partial charge on any atom is 0.0680 e. The smallest absolute Gasteiger partial charge is 0.0680 e. The van der Waals surface area contributed by atoms with Crippen LogP contribution in [0.15, 0.2) is 12.1 Å². The Labute approximate surface area is 90.7 Å². The van der Waals surface area contributed by atoms with Crippen molar-refractivity contribution in [1.82, 2.24) is 4.68 Å². The Morgan fingerprint density at radius 3 is 2.60 bits per heavy atom. The monoisotopic (exact) mass is 203 g/mol. The molecule has 0 saturated heterocycles. The zero-order valence-corrected chi connectivity index (χ0v) is 9.33. The number of aryl methyl sites for hydroxylation is 2. The van der Waals surface area contributed by atoms with E-state index in [2.05, 4.69) is 42.2 Å². The molecule has 0 amide bonds. The SMILES string of the molecule is Cc1ccc(C)n1NC1CCCC1C#N. The van der Waals surface area contributed by atoms with E-state index in [1.807, 2.05) is 0 Å². The van der Waals surface area contributed by atoms with Gasteiger partial charge in [-0.15, -0.1) is 0 Å². The van der Waals surface area contributed by atoms with Crippen molar-refractivity contribution < 1.29 is 0 Å². The van der Waals surface area contributed by atoms with Gasteiger partial charge in [-0.3, -0.25) is 4.68 Å². The van der Waals surface area contributed by atoms with Crippen LogP contribution in [0.2, 0.25) is 0 Å². The first-order valence-electron chi connectivity index (χ1n) is 5.53. The summed E-state index contributed by atoms with van der Waals surface area (Å²) < 4.78 is 2.10. The molecule has 1 N–H and O–H groups in total. The van der Waals surface area contributed by atoms with Crippen molar-refractivity contribution in [3.05, 3.63) is 23.5 Å². The first kappa shape index (κ1) is 10.1. The molecule has 3 heteroatoms. The minimum Gasteiger partial charge on any atom is -0.322 e. The molecule has 2 atom stereocenters. The number of aromatic nitrogens is 1. The normalized spacial score (nSPS) is 25.1. The third-order valence-corrected chi connectivity index (χ3v) is 3.25. The standard InChI is InChI=1S/C12H17N3/c1-9-6-7-10(2)15(9)14-12-5-3-4-11(12)8-13/h6-7,11-12,14H,3-5H2,1-2H3. The van der Waals surface area contributed by atoms with Gasteiger partial charge in [0.1, 0.15) is 0 Å². The van der Waals surface area contributed by atoms with Crippen molar-refractivity contribution in [2.45, 2.75) is 39.2 Å². The van der Waals surface area contributed by atoms with Crippen LogP contribution in [0.1, 0.15) is 30.7 Å². The lowest BCUT2D eigenvalue weighted by Crippen LogP contribution is -2.31. The number of hydrogen-bond acceptors (Lipinski definition) is 2. The number of nitrogens with zero attached hydrogens (tertiary/aromatic N) is 2. The fraction of sp³-hybridized carbons (Fsp3) is 0.583. The minimum absolute atomic E-state index is 0.172. The molecule has 1 aliphatic rings. The molecule has 0 aromatic carbocycles. The topological polar surface area (TPSA) is 40.8 Å². The minimum atomic E-state index is 0.172. The summed E-state index contributed by atoms with van der Waals surface area (Å²) in [6, 6.07) is 6.90. The van der Waals surface area contributed by atoms with E-state index in [1.54, 1.807) is 0 Å². The molecule has 0 aliphatic heterocycles. The van der Waals surface area contributed by atoms with Gasteiger partial charge in [0.2, 0.25) is 0 Å². The number of hydrogen-bond donors (Lipinski definition) is 1. The van der Waals surface area contributed by atoms with Crippen LogP contribution in [0.5, 0.6) is 0 Å². The van der Waals surface area contributed by atoms with Gasteiger partial charge in [0, 0.05) is 11.4 Å². The van der Waals surface area contributed by atoms with Gasteiger partial charge in [0.05, 0.1) is 18.0 Å². The van der Waals surface area contributed by atoms with Crippen LogP contribution in [0.4, 0.5) is 0 Å². The molecular weight excluding hydrogens is 186 g/mol. The van der Waals surface area contributed by atoms with Gasteiger partial charge in [-0.1, -0.05) is 0 Å². The molecule has 1 aromatic heterocycles. The molecule has 1 aliphatic carbocycles. The molecule has 1 aromatic rings. The van der Waals surface area contributed by atoms with E-state index in [-0.39, 0.29) is 5.92 Å². The van der Waals surface area contributed by atoms with Crippen molar-refractivity contribution >= 4 is 0 Å². The molecule has 0 spiro atoms. The number of nitrogens with one attached hydrogen (secondary N) is 1. The maximum atomic E-state index is 9.00. The second-order valence-corrected chi connectivity index (χ2v) is 4.35. The Balaban J connectivity index is 2.12. The maximum absolute atomic E-state index is 9.00. The van der Waals surface area contributed by atoms with Gasteiger partial charge >= 0.3 is 0 Å². The molecule has 0 bridgehead atoms. The lowest BCUT2D eigenvalue weighted by Gasteiger charge is -2.20. The van der Waals surface area contributed by atoms with Crippen molar-refractivity contribution in [2.75, 3.05) is 5.43 Å². The van der Waals surface area contributed by atoms with Crippen molar-refractivity contribution in [3.63, 3.8) is 0 Å². The zero-order chi connectivity index (χ0) is 10.8. The summed E-state index contributed by atoms with van der Waals surface area (Å²) >= 11 is 0. The highest BCUT2D eigenvalue weighted by atomic mass is 15.4. The van der Waals surface area contributed by atoms with Crippen LogP contribution >= 0.6 is 0 Å². The van der Waals surface area contributed by atoms with Crippen molar-refractivity contribution in [1.29, 1.82) is 5.26 Å². The summed E-state index contributed by atoms with van der Waals surface area (Å²) in [4.78, 5) is 0. The summed E-state index contributed by atoms with van der Waals surface area (Å²) in [5, 5.41) is 9.00. The van der Waals surface area contributed by atoms with Gasteiger partial charge in [0.15, 0.2) is 0 Å². The average Bonchev–Trinajstić information content (AvgIpc) is 2.79. The molecule has 1 fully saturated rings. The largest absolute Gasteiger partial charge is 0.322 e. The summed E-state index contributed by atoms with van der Waals surface area (Å²) in [6.45, 7) is 4.16. The molecule has 80 valence electrons. The summed E-state index contributed by atoms with van der Waals surface area (Å²) in [6.07, 6.45) is 3.30. The van der Waals surface area contributed by atoms with E-state index in [1.165, 1.54) is 11.4 Å². The van der Waals surface area contributed by atoms with E-state index in [4.69, 9.17) is 5.26 Å². The Bertz CT molecular complexity index is 367. The molecule has 1 saturated carbocycles. The van der Waals surface area contributed by atoms with Gasteiger partial charge in [-0.05, 0) is 45.2 Å². The van der Waals surface area contributed by atoms with Crippen LogP contribution in [-0.2, 0) is 0 Å². The van der Waals surface area contributed by atoms with Crippen molar-refractivity contribution in [2.24, 2.45) is 5.92 Å². The fourth-order valence-corrected chi connectivity index (χ4v) is 2.31. The zero-order valence-electron chi connectivity index (χ0n) is 9.33. The summed E-state index contributed by atoms with van der Waals surface area (Å²) in [5.74, 6) is 0.172. The van der Waals surface area contributed by atoms with Gasteiger partial charge < -0.3 is 5.43 Å². The molecular formula is C12H17N3. The molecule has 1 heterocycles. The fourth-order valence-electron chi connectivity index (χ4n) is 2.31. The van der Waals surface area contributed by atoms with E-state index >= 15 is 0 Å². The van der Waals surface area contributed by atoms with E-state index in [0.29, 0.717) is 6.04 Å². The van der Waals surface area contributed by atoms with Crippen molar-refractivity contribution in [3.8, 4) is 6.07 Å². The van der Waals surface area contributed by atoms with E-state index < -0.39 is 0 Å². The lowest BCUT2D eigenvalue weighted by atomic mass is 10.1. The van der Waals surface area contributed by atoms with E-state index in [0.717, 1.165) is 19.3 Å². The third-order valence-electron chi connectivity index (χ3n) is 3.25. The molecule has 3 nitrogen and oxygen atoms in total.